The summed E-state index contributed by atoms with van der Waals surface area (Å²) in [5.74, 6) is 6.01. The number of hydrogen-bond acceptors (Lipinski definition) is 4. The number of nitrogen functional groups attached to an aromatic ring is 2. The Morgan fingerprint density at radius 2 is 1.95 bits per heavy atom. The van der Waals surface area contributed by atoms with E-state index in [0.717, 1.165) is 6.42 Å². The van der Waals surface area contributed by atoms with Gasteiger partial charge in [0.15, 0.2) is 5.82 Å². The maximum atomic E-state index is 12.4. The van der Waals surface area contributed by atoms with Crippen molar-refractivity contribution in [2.24, 2.45) is 0 Å². The molecule has 0 amide bonds. The average molecular weight is 300 g/mol. The van der Waals surface area contributed by atoms with Crippen molar-refractivity contribution in [2.45, 2.75) is 26.1 Å². The fourth-order valence-electron chi connectivity index (χ4n) is 1.97. The zero-order chi connectivity index (χ0) is 15.6. The maximum Gasteiger partial charge on any atom is 0.573 e. The summed E-state index contributed by atoms with van der Waals surface area (Å²) in [5.41, 5.74) is 6.17. The van der Waals surface area contributed by atoms with Crippen LogP contribution in [-0.2, 0) is 6.42 Å². The second-order valence-corrected chi connectivity index (χ2v) is 4.43. The Labute approximate surface area is 119 Å². The predicted molar refractivity (Wildman–Crippen MR) is 72.9 cm³/mol. The number of anilines is 1. The number of aryl methyl sites for hydroxylation is 1. The second kappa shape index (κ2) is 5.55. The molecule has 114 valence electrons. The van der Waals surface area contributed by atoms with E-state index in [4.69, 9.17) is 11.6 Å². The minimum atomic E-state index is -4.79. The molecule has 2 aromatic rings. The number of rotatable bonds is 4. The van der Waals surface area contributed by atoms with Crippen molar-refractivity contribution in [1.29, 1.82) is 0 Å². The molecule has 0 fully saturated rings. The largest absolute Gasteiger partial charge is 0.573 e. The van der Waals surface area contributed by atoms with E-state index in [0.29, 0.717) is 12.2 Å². The van der Waals surface area contributed by atoms with Gasteiger partial charge in [0.2, 0.25) is 0 Å². The Morgan fingerprint density at radius 1 is 1.29 bits per heavy atom. The van der Waals surface area contributed by atoms with Crippen molar-refractivity contribution in [1.82, 2.24) is 9.66 Å². The molecule has 0 aliphatic rings. The molecular weight excluding hydrogens is 285 g/mol. The van der Waals surface area contributed by atoms with Crippen molar-refractivity contribution in [3.05, 3.63) is 30.1 Å². The van der Waals surface area contributed by atoms with Gasteiger partial charge >= 0.3 is 6.36 Å². The third-order valence-electron chi connectivity index (χ3n) is 2.86. The molecule has 21 heavy (non-hydrogen) atoms. The lowest BCUT2D eigenvalue weighted by Gasteiger charge is -2.12. The monoisotopic (exact) mass is 300 g/mol. The number of alkyl halides is 3. The molecule has 1 aromatic carbocycles. The van der Waals surface area contributed by atoms with Crippen molar-refractivity contribution in [3.63, 3.8) is 0 Å². The van der Waals surface area contributed by atoms with Crippen molar-refractivity contribution < 1.29 is 17.9 Å². The second-order valence-electron chi connectivity index (χ2n) is 4.43. The summed E-state index contributed by atoms with van der Waals surface area (Å²) < 4.78 is 42.5. The third kappa shape index (κ3) is 3.21. The van der Waals surface area contributed by atoms with Crippen molar-refractivity contribution in [3.8, 4) is 17.0 Å². The first-order chi connectivity index (χ1) is 9.83. The van der Waals surface area contributed by atoms with Gasteiger partial charge in [-0.1, -0.05) is 19.1 Å². The summed E-state index contributed by atoms with van der Waals surface area (Å²) in [6.45, 7) is 1.94. The van der Waals surface area contributed by atoms with E-state index in [1.165, 1.54) is 22.9 Å². The summed E-state index contributed by atoms with van der Waals surface area (Å²) in [7, 11) is 0. The molecule has 0 aliphatic heterocycles. The molecule has 0 saturated heterocycles. The molecular formula is C13H15F3N4O. The Hall–Kier alpha value is -2.38. The molecule has 4 N–H and O–H groups in total. The van der Waals surface area contributed by atoms with Gasteiger partial charge < -0.3 is 16.3 Å². The number of hydrogen-bond donors (Lipinski definition) is 2. The van der Waals surface area contributed by atoms with Crippen LogP contribution in [0, 0.1) is 0 Å². The van der Waals surface area contributed by atoms with Gasteiger partial charge in [-0.15, -0.1) is 13.2 Å². The molecule has 0 atom stereocenters. The summed E-state index contributed by atoms with van der Waals surface area (Å²) in [5, 5.41) is 0. The lowest BCUT2D eigenvalue weighted by molar-refractivity contribution is -0.274. The maximum absolute atomic E-state index is 12.4. The Kier molecular flexibility index (Phi) is 3.97. The first-order valence-corrected chi connectivity index (χ1v) is 6.30. The van der Waals surface area contributed by atoms with Gasteiger partial charge in [0.25, 0.3) is 0 Å². The van der Waals surface area contributed by atoms with Gasteiger partial charge in [-0.25, -0.2) is 9.66 Å². The number of ether oxygens (including phenoxy) is 1. The molecule has 0 spiro atoms. The lowest BCUT2D eigenvalue weighted by Crippen LogP contribution is -2.17. The molecule has 2 rings (SSSR count). The molecule has 1 heterocycles. The van der Waals surface area contributed by atoms with Crippen molar-refractivity contribution >= 4 is 5.82 Å². The zero-order valence-electron chi connectivity index (χ0n) is 11.3. The topological polar surface area (TPSA) is 79.1 Å². The van der Waals surface area contributed by atoms with E-state index in [1.54, 1.807) is 6.07 Å². The van der Waals surface area contributed by atoms with Crippen LogP contribution in [0.3, 0.4) is 0 Å². The molecule has 0 bridgehead atoms. The fourth-order valence-corrected chi connectivity index (χ4v) is 1.97. The van der Waals surface area contributed by atoms with E-state index in [2.05, 4.69) is 9.72 Å². The minimum absolute atomic E-state index is 0.0941. The van der Waals surface area contributed by atoms with Gasteiger partial charge in [0, 0.05) is 12.0 Å². The van der Waals surface area contributed by atoms with Crippen molar-refractivity contribution in [2.75, 3.05) is 11.6 Å². The summed E-state index contributed by atoms with van der Waals surface area (Å²) >= 11 is 0. The molecule has 1 aromatic heterocycles. The molecule has 0 saturated carbocycles. The molecule has 0 aliphatic carbocycles. The Bertz CT molecular complexity index is 637. The molecule has 0 radical (unpaired) electrons. The van der Waals surface area contributed by atoms with Gasteiger partial charge in [-0.2, -0.15) is 0 Å². The highest BCUT2D eigenvalue weighted by molar-refractivity contribution is 5.76. The normalized spacial score (nSPS) is 11.6. The van der Waals surface area contributed by atoms with E-state index in [9.17, 15) is 13.2 Å². The van der Waals surface area contributed by atoms with E-state index in [-0.39, 0.29) is 22.8 Å². The lowest BCUT2D eigenvalue weighted by atomic mass is 10.1. The molecule has 5 nitrogen and oxygen atoms in total. The van der Waals surface area contributed by atoms with Crippen LogP contribution in [-0.4, -0.2) is 16.0 Å². The summed E-state index contributed by atoms with van der Waals surface area (Å²) in [4.78, 5) is 4.23. The Balaban J connectivity index is 2.50. The van der Waals surface area contributed by atoms with Crippen LogP contribution in [0.25, 0.3) is 11.3 Å². The molecule has 8 heteroatoms. The highest BCUT2D eigenvalue weighted by Crippen LogP contribution is 2.35. The van der Waals surface area contributed by atoms with E-state index < -0.39 is 6.36 Å². The Morgan fingerprint density at radius 3 is 2.57 bits per heavy atom. The van der Waals surface area contributed by atoms with Crippen LogP contribution in [0.2, 0.25) is 0 Å². The first-order valence-electron chi connectivity index (χ1n) is 6.30. The van der Waals surface area contributed by atoms with Crippen LogP contribution in [0.1, 0.15) is 19.2 Å². The molecule has 0 unspecified atom stereocenters. The zero-order valence-corrected chi connectivity index (χ0v) is 11.3. The summed E-state index contributed by atoms with van der Waals surface area (Å²) in [6.07, 6.45) is -3.43. The first kappa shape index (κ1) is 15.0. The number of imidazole rings is 1. The average Bonchev–Trinajstić information content (AvgIpc) is 2.67. The highest BCUT2D eigenvalue weighted by atomic mass is 19.4. The van der Waals surface area contributed by atoms with Crippen LogP contribution in [0.5, 0.6) is 5.75 Å². The number of nitrogens with zero attached hydrogens (tertiary/aromatic N) is 2. The quantitative estimate of drug-likeness (QED) is 0.851. The van der Waals surface area contributed by atoms with Crippen LogP contribution < -0.4 is 16.3 Å². The highest BCUT2D eigenvalue weighted by Gasteiger charge is 2.32. The van der Waals surface area contributed by atoms with Crippen LogP contribution >= 0.6 is 0 Å². The number of halogens is 3. The van der Waals surface area contributed by atoms with Gasteiger partial charge in [-0.05, 0) is 18.6 Å². The summed E-state index contributed by atoms with van der Waals surface area (Å²) in [6, 6.07) is 5.67. The number of para-hydroxylation sites is 1. The number of nitrogens with two attached hydrogens (primary N) is 2. The predicted octanol–water partition coefficient (Wildman–Crippen LogP) is 2.70. The van der Waals surface area contributed by atoms with Gasteiger partial charge in [-0.3, -0.25) is 0 Å². The number of benzene rings is 1. The fraction of sp³-hybridized carbons (Fsp3) is 0.308. The smallest absolute Gasteiger partial charge is 0.405 e. The minimum Gasteiger partial charge on any atom is -0.405 e. The SMILES string of the molecule is CCCc1nc(-c2ccccc2OC(F)(F)F)c(N)n1N. The van der Waals surface area contributed by atoms with E-state index in [1.807, 2.05) is 6.92 Å². The van der Waals surface area contributed by atoms with Gasteiger partial charge in [0.1, 0.15) is 17.3 Å². The van der Waals surface area contributed by atoms with Crippen LogP contribution in [0.15, 0.2) is 24.3 Å². The van der Waals surface area contributed by atoms with E-state index >= 15 is 0 Å². The standard InChI is InChI=1S/C13H15F3N4O/c1-2-5-10-19-11(12(17)20(10)18)8-6-3-4-7-9(8)21-13(14,15)16/h3-4,6-7H,2,5,17-18H2,1H3. The van der Waals surface area contributed by atoms with Crippen LogP contribution in [0.4, 0.5) is 19.0 Å². The van der Waals surface area contributed by atoms with Gasteiger partial charge in [0.05, 0.1) is 0 Å². The number of aromatic nitrogens is 2. The third-order valence-corrected chi connectivity index (χ3v) is 2.86.